The summed E-state index contributed by atoms with van der Waals surface area (Å²) in [5.41, 5.74) is 2.38. The standard InChI is InChI=1S/C22H19N3O5/c26-19-8-7-17(20(27)24-19)25-21(28)15-6-5-13(10-16(15)22(25)29)23-11-14-9-12-3-1-2-4-18(12)30-14/h1-6,10,14,17,23H,7-9,11H2,(H,24,26,27). The number of imide groups is 2. The van der Waals surface area contributed by atoms with E-state index in [0.717, 1.165) is 17.1 Å². The minimum atomic E-state index is -0.961. The van der Waals surface area contributed by atoms with Gasteiger partial charge in [-0.15, -0.1) is 0 Å². The number of rotatable bonds is 4. The Balaban J connectivity index is 1.29. The minimum Gasteiger partial charge on any atom is -0.488 e. The summed E-state index contributed by atoms with van der Waals surface area (Å²) in [6, 6.07) is 11.9. The zero-order chi connectivity index (χ0) is 20.8. The molecule has 4 amide bonds. The van der Waals surface area contributed by atoms with Crippen LogP contribution in [0.2, 0.25) is 0 Å². The van der Waals surface area contributed by atoms with Gasteiger partial charge in [0, 0.05) is 18.5 Å². The van der Waals surface area contributed by atoms with Gasteiger partial charge in [-0.3, -0.25) is 29.4 Å². The molecular formula is C22H19N3O5. The summed E-state index contributed by atoms with van der Waals surface area (Å²) < 4.78 is 5.91. The molecule has 2 atom stereocenters. The molecule has 152 valence electrons. The highest BCUT2D eigenvalue weighted by molar-refractivity contribution is 6.23. The van der Waals surface area contributed by atoms with Crippen LogP contribution >= 0.6 is 0 Å². The highest BCUT2D eigenvalue weighted by atomic mass is 16.5. The van der Waals surface area contributed by atoms with E-state index < -0.39 is 29.7 Å². The number of fused-ring (bicyclic) bond motifs is 2. The van der Waals surface area contributed by atoms with Crippen molar-refractivity contribution in [1.82, 2.24) is 10.2 Å². The molecule has 8 nitrogen and oxygen atoms in total. The maximum Gasteiger partial charge on any atom is 0.262 e. The van der Waals surface area contributed by atoms with Crippen molar-refractivity contribution < 1.29 is 23.9 Å². The Morgan fingerprint density at radius 2 is 1.83 bits per heavy atom. The van der Waals surface area contributed by atoms with Crippen molar-refractivity contribution in [2.24, 2.45) is 0 Å². The Labute approximate surface area is 172 Å². The summed E-state index contributed by atoms with van der Waals surface area (Å²) in [5, 5.41) is 5.46. The lowest BCUT2D eigenvalue weighted by molar-refractivity contribution is -0.136. The van der Waals surface area contributed by atoms with Crippen molar-refractivity contribution in [3.05, 3.63) is 59.2 Å². The van der Waals surface area contributed by atoms with Crippen molar-refractivity contribution in [2.75, 3.05) is 11.9 Å². The molecule has 0 saturated carbocycles. The Hall–Kier alpha value is -3.68. The highest BCUT2D eigenvalue weighted by Crippen LogP contribution is 2.31. The Kier molecular flexibility index (Phi) is 4.27. The van der Waals surface area contributed by atoms with E-state index in [0.29, 0.717) is 12.2 Å². The van der Waals surface area contributed by atoms with Crippen molar-refractivity contribution in [2.45, 2.75) is 31.4 Å². The van der Waals surface area contributed by atoms with Gasteiger partial charge in [0.1, 0.15) is 17.9 Å². The molecule has 2 N–H and O–H groups in total. The lowest BCUT2D eigenvalue weighted by Gasteiger charge is -2.27. The van der Waals surface area contributed by atoms with Crippen molar-refractivity contribution >= 4 is 29.3 Å². The second-order valence-electron chi connectivity index (χ2n) is 7.64. The fourth-order valence-corrected chi connectivity index (χ4v) is 4.18. The van der Waals surface area contributed by atoms with Crippen molar-refractivity contribution in [3.63, 3.8) is 0 Å². The van der Waals surface area contributed by atoms with Crippen LogP contribution in [0.5, 0.6) is 5.75 Å². The molecule has 1 fully saturated rings. The smallest absolute Gasteiger partial charge is 0.262 e. The molecule has 0 spiro atoms. The minimum absolute atomic E-state index is 0.0204. The van der Waals surface area contributed by atoms with Crippen molar-refractivity contribution in [3.8, 4) is 5.75 Å². The van der Waals surface area contributed by atoms with E-state index in [4.69, 9.17) is 4.74 Å². The highest BCUT2D eigenvalue weighted by Gasteiger charge is 2.44. The van der Waals surface area contributed by atoms with Crippen molar-refractivity contribution in [1.29, 1.82) is 0 Å². The van der Waals surface area contributed by atoms with E-state index in [1.54, 1.807) is 18.2 Å². The third-order valence-electron chi connectivity index (χ3n) is 5.69. The van der Waals surface area contributed by atoms with Gasteiger partial charge in [0.2, 0.25) is 11.8 Å². The molecule has 3 aliphatic heterocycles. The van der Waals surface area contributed by atoms with Crippen LogP contribution < -0.4 is 15.4 Å². The molecule has 5 rings (SSSR count). The second-order valence-corrected chi connectivity index (χ2v) is 7.64. The lowest BCUT2D eigenvalue weighted by atomic mass is 10.0. The van der Waals surface area contributed by atoms with Gasteiger partial charge in [0.05, 0.1) is 17.7 Å². The Morgan fingerprint density at radius 1 is 1.03 bits per heavy atom. The molecule has 2 unspecified atom stereocenters. The summed E-state index contributed by atoms with van der Waals surface area (Å²) >= 11 is 0. The summed E-state index contributed by atoms with van der Waals surface area (Å²) in [5.74, 6) is -1.14. The summed E-state index contributed by atoms with van der Waals surface area (Å²) in [7, 11) is 0. The van der Waals surface area contributed by atoms with Gasteiger partial charge in [-0.2, -0.15) is 0 Å². The van der Waals surface area contributed by atoms with Crippen LogP contribution in [0, 0.1) is 0 Å². The maximum atomic E-state index is 12.9. The van der Waals surface area contributed by atoms with E-state index in [1.165, 1.54) is 5.56 Å². The zero-order valence-electron chi connectivity index (χ0n) is 16.0. The lowest BCUT2D eigenvalue weighted by Crippen LogP contribution is -2.54. The predicted octanol–water partition coefficient (Wildman–Crippen LogP) is 1.50. The Morgan fingerprint density at radius 3 is 2.63 bits per heavy atom. The van der Waals surface area contributed by atoms with E-state index in [9.17, 15) is 19.2 Å². The average Bonchev–Trinajstić information content (AvgIpc) is 3.26. The van der Waals surface area contributed by atoms with Crippen LogP contribution in [-0.4, -0.2) is 47.2 Å². The number of piperidine rings is 1. The maximum absolute atomic E-state index is 12.9. The summed E-state index contributed by atoms with van der Waals surface area (Å²) in [6.07, 6.45) is 1.02. The molecule has 0 bridgehead atoms. The first-order valence-electron chi connectivity index (χ1n) is 9.85. The normalized spacial score (nSPS) is 22.5. The molecule has 2 aromatic carbocycles. The Bertz CT molecular complexity index is 1070. The van der Waals surface area contributed by atoms with Gasteiger partial charge in [-0.1, -0.05) is 18.2 Å². The number of benzene rings is 2. The zero-order valence-corrected chi connectivity index (χ0v) is 16.0. The van der Waals surface area contributed by atoms with E-state index in [-0.39, 0.29) is 30.1 Å². The van der Waals surface area contributed by atoms with Gasteiger partial charge in [-0.25, -0.2) is 0 Å². The fourth-order valence-electron chi connectivity index (χ4n) is 4.18. The number of nitrogens with zero attached hydrogens (tertiary/aromatic N) is 1. The largest absolute Gasteiger partial charge is 0.488 e. The first-order valence-corrected chi connectivity index (χ1v) is 9.85. The van der Waals surface area contributed by atoms with Crippen LogP contribution in [0.3, 0.4) is 0 Å². The predicted molar refractivity (Wildman–Crippen MR) is 106 cm³/mol. The number of ether oxygens (including phenoxy) is 1. The van der Waals surface area contributed by atoms with Crippen LogP contribution in [-0.2, 0) is 16.0 Å². The average molecular weight is 405 g/mol. The first-order chi connectivity index (χ1) is 14.5. The first kappa shape index (κ1) is 18.4. The van der Waals surface area contributed by atoms with Gasteiger partial charge in [-0.05, 0) is 36.2 Å². The fraction of sp³-hybridized carbons (Fsp3) is 0.273. The number of carbonyl (C=O) groups excluding carboxylic acids is 4. The van der Waals surface area contributed by atoms with Gasteiger partial charge in [0.15, 0.2) is 0 Å². The molecule has 0 radical (unpaired) electrons. The molecule has 0 aromatic heterocycles. The topological polar surface area (TPSA) is 105 Å². The monoisotopic (exact) mass is 405 g/mol. The number of carbonyl (C=O) groups is 4. The summed E-state index contributed by atoms with van der Waals surface area (Å²) in [4.78, 5) is 50.1. The second kappa shape index (κ2) is 6.98. The van der Waals surface area contributed by atoms with Crippen LogP contribution in [0.4, 0.5) is 5.69 Å². The van der Waals surface area contributed by atoms with E-state index in [2.05, 4.69) is 10.6 Å². The quantitative estimate of drug-likeness (QED) is 0.747. The molecule has 3 aliphatic rings. The van der Waals surface area contributed by atoms with E-state index >= 15 is 0 Å². The number of anilines is 1. The SMILES string of the molecule is O=C1CCC(N2C(=O)c3ccc(NCC4Cc5ccccc5O4)cc3C2=O)C(=O)N1. The third-order valence-corrected chi connectivity index (χ3v) is 5.69. The number of nitrogens with one attached hydrogen (secondary N) is 2. The molecule has 1 saturated heterocycles. The number of amides is 4. The van der Waals surface area contributed by atoms with Crippen LogP contribution in [0.25, 0.3) is 0 Å². The molecule has 3 heterocycles. The summed E-state index contributed by atoms with van der Waals surface area (Å²) in [6.45, 7) is 0.548. The number of para-hydroxylation sites is 1. The van der Waals surface area contributed by atoms with Gasteiger partial charge >= 0.3 is 0 Å². The van der Waals surface area contributed by atoms with Gasteiger partial charge < -0.3 is 10.1 Å². The van der Waals surface area contributed by atoms with Gasteiger partial charge in [0.25, 0.3) is 11.8 Å². The van der Waals surface area contributed by atoms with Crippen LogP contribution in [0.15, 0.2) is 42.5 Å². The third kappa shape index (κ3) is 3.01. The number of hydrogen-bond donors (Lipinski definition) is 2. The molecule has 0 aliphatic carbocycles. The molecular weight excluding hydrogens is 386 g/mol. The van der Waals surface area contributed by atoms with E-state index in [1.807, 2.05) is 24.3 Å². The molecule has 2 aromatic rings. The molecule has 8 heteroatoms. The molecule has 30 heavy (non-hydrogen) atoms. The van der Waals surface area contributed by atoms with Crippen LogP contribution in [0.1, 0.15) is 39.1 Å². The number of hydrogen-bond acceptors (Lipinski definition) is 6.